The molecule has 0 aliphatic carbocycles. The van der Waals surface area contributed by atoms with Gasteiger partial charge in [-0.3, -0.25) is 4.79 Å². The number of halogens is 1. The van der Waals surface area contributed by atoms with Gasteiger partial charge in [0.05, 0.1) is 6.54 Å². The molecule has 0 saturated carbocycles. The van der Waals surface area contributed by atoms with E-state index >= 15 is 0 Å². The van der Waals surface area contributed by atoms with Crippen LogP contribution in [0.2, 0.25) is 0 Å². The van der Waals surface area contributed by atoms with Gasteiger partial charge in [0.15, 0.2) is 0 Å². The zero-order chi connectivity index (χ0) is 27.1. The number of carbonyl (C=O) groups excluding carboxylic acids is 1. The van der Waals surface area contributed by atoms with Crippen LogP contribution in [0.25, 0.3) is 0 Å². The summed E-state index contributed by atoms with van der Waals surface area (Å²) < 4.78 is 19.1. The van der Waals surface area contributed by atoms with E-state index in [0.29, 0.717) is 54.8 Å². The first kappa shape index (κ1) is 27.1. The third-order valence-electron chi connectivity index (χ3n) is 6.15. The van der Waals surface area contributed by atoms with Crippen molar-refractivity contribution in [2.24, 2.45) is 0 Å². The average Bonchev–Trinajstić information content (AvgIpc) is 3.41. The molecule has 0 fully saturated rings. The Morgan fingerprint density at radius 2 is 2.13 bits per heavy atom. The van der Waals surface area contributed by atoms with E-state index in [-0.39, 0.29) is 19.0 Å². The van der Waals surface area contributed by atoms with Gasteiger partial charge in [0.1, 0.15) is 29.9 Å². The third-order valence-corrected chi connectivity index (χ3v) is 7.12. The average molecular weight is 543 g/mol. The lowest BCUT2D eigenvalue weighted by Crippen LogP contribution is -2.34. The third kappa shape index (κ3) is 6.31. The summed E-state index contributed by atoms with van der Waals surface area (Å²) in [6.07, 6.45) is 0.303. The fraction of sp³-hybridized carbons (Fsp3) is 0.385. The van der Waals surface area contributed by atoms with Crippen LogP contribution in [0.3, 0.4) is 0 Å². The Labute approximate surface area is 224 Å². The Kier molecular flexibility index (Phi) is 8.95. The van der Waals surface area contributed by atoms with Crippen LogP contribution in [0, 0.1) is 0 Å². The lowest BCUT2D eigenvalue weighted by Gasteiger charge is -2.24. The molecule has 0 radical (unpaired) electrons. The quantitative estimate of drug-likeness (QED) is 0.364. The SMILES string of the molecule is CCNc1ncc2c(n1)N(C)CCN(c1cccc(OC(CCN(CCF)C(=O)O)c3cccs3)c1)C2=O. The molecule has 4 rings (SSSR count). The Morgan fingerprint density at radius 3 is 2.84 bits per heavy atom. The first-order valence-electron chi connectivity index (χ1n) is 12.4. The number of hydrogen-bond acceptors (Lipinski definition) is 8. The zero-order valence-corrected chi connectivity index (χ0v) is 22.2. The number of amides is 2. The molecular weight excluding hydrogens is 511 g/mol. The van der Waals surface area contributed by atoms with Crippen molar-refractivity contribution >= 4 is 40.8 Å². The Bertz CT molecular complexity index is 1240. The predicted molar refractivity (Wildman–Crippen MR) is 145 cm³/mol. The molecule has 1 atom stereocenters. The Balaban J connectivity index is 1.56. The maximum absolute atomic E-state index is 13.5. The van der Waals surface area contributed by atoms with Crippen molar-refractivity contribution in [2.45, 2.75) is 19.4 Å². The van der Waals surface area contributed by atoms with E-state index in [4.69, 9.17) is 4.74 Å². The largest absolute Gasteiger partial charge is 0.485 e. The van der Waals surface area contributed by atoms with Crippen LogP contribution < -0.4 is 19.9 Å². The molecule has 1 aliphatic heterocycles. The maximum Gasteiger partial charge on any atom is 0.407 e. The van der Waals surface area contributed by atoms with Gasteiger partial charge in [0.2, 0.25) is 5.95 Å². The first-order valence-corrected chi connectivity index (χ1v) is 13.3. The van der Waals surface area contributed by atoms with Crippen LogP contribution in [0.15, 0.2) is 48.0 Å². The second-order valence-corrected chi connectivity index (χ2v) is 9.69. The highest BCUT2D eigenvalue weighted by Gasteiger charge is 2.28. The van der Waals surface area contributed by atoms with Crippen LogP contribution in [0.5, 0.6) is 5.75 Å². The number of nitrogens with zero attached hydrogens (tertiary/aromatic N) is 5. The Morgan fingerprint density at radius 1 is 1.29 bits per heavy atom. The van der Waals surface area contributed by atoms with Crippen molar-refractivity contribution in [3.05, 3.63) is 58.4 Å². The summed E-state index contributed by atoms with van der Waals surface area (Å²) in [5, 5.41) is 14.4. The molecule has 1 aromatic carbocycles. The van der Waals surface area contributed by atoms with Crippen LogP contribution in [-0.4, -0.2) is 78.4 Å². The van der Waals surface area contributed by atoms with Crippen LogP contribution in [-0.2, 0) is 0 Å². The summed E-state index contributed by atoms with van der Waals surface area (Å²) >= 11 is 1.50. The molecule has 0 saturated heterocycles. The predicted octanol–water partition coefficient (Wildman–Crippen LogP) is 4.53. The Hall–Kier alpha value is -3.93. The highest BCUT2D eigenvalue weighted by molar-refractivity contribution is 7.10. The number of anilines is 3. The standard InChI is InChI=1S/C26H31FN6O4S/c1-3-28-25-29-17-20-23(30-25)31(2)13-14-33(24(20)34)18-6-4-7-19(16-18)37-21(22-8-5-15-38-22)9-11-32(12-10-27)26(35)36/h4-8,15-17,21H,3,9-14H2,1-2H3,(H,35,36)(H,28,29,30). The van der Waals surface area contributed by atoms with Crippen molar-refractivity contribution in [1.82, 2.24) is 14.9 Å². The summed E-state index contributed by atoms with van der Waals surface area (Å²) in [6, 6.07) is 11.1. The number of aromatic nitrogens is 2. The molecule has 3 aromatic rings. The van der Waals surface area contributed by atoms with Gasteiger partial charge in [-0.25, -0.2) is 14.2 Å². The highest BCUT2D eigenvalue weighted by Crippen LogP contribution is 2.32. The highest BCUT2D eigenvalue weighted by atomic mass is 32.1. The van der Waals surface area contributed by atoms with Gasteiger partial charge >= 0.3 is 6.09 Å². The van der Waals surface area contributed by atoms with Gasteiger partial charge in [-0.15, -0.1) is 11.3 Å². The molecule has 1 unspecified atom stereocenters. The fourth-order valence-corrected chi connectivity index (χ4v) is 5.00. The number of fused-ring (bicyclic) bond motifs is 1. The molecule has 2 N–H and O–H groups in total. The summed E-state index contributed by atoms with van der Waals surface area (Å²) in [5.41, 5.74) is 1.08. The normalized spacial score (nSPS) is 14.0. The van der Waals surface area contributed by atoms with E-state index in [9.17, 15) is 19.1 Å². The lowest BCUT2D eigenvalue weighted by atomic mass is 10.2. The zero-order valence-electron chi connectivity index (χ0n) is 21.3. The second kappa shape index (κ2) is 12.5. The molecule has 202 valence electrons. The number of nitrogens with one attached hydrogen (secondary N) is 1. The smallest absolute Gasteiger partial charge is 0.407 e. The molecule has 3 heterocycles. The maximum atomic E-state index is 13.5. The molecule has 1 aliphatic rings. The summed E-state index contributed by atoms with van der Waals surface area (Å²) in [6.45, 7) is 2.84. The fourth-order valence-electron chi connectivity index (χ4n) is 4.21. The molecule has 10 nitrogen and oxygen atoms in total. The number of hydrogen-bond donors (Lipinski definition) is 2. The van der Waals surface area contributed by atoms with Gasteiger partial charge in [-0.05, 0) is 30.5 Å². The molecular formula is C26H31FN6O4S. The van der Waals surface area contributed by atoms with Gasteiger partial charge in [-0.2, -0.15) is 4.98 Å². The minimum absolute atomic E-state index is 0.129. The van der Waals surface area contributed by atoms with E-state index in [1.807, 2.05) is 48.5 Å². The number of benzene rings is 1. The number of alkyl halides is 1. The van der Waals surface area contributed by atoms with Crippen molar-refractivity contribution in [3.8, 4) is 5.75 Å². The summed E-state index contributed by atoms with van der Waals surface area (Å²) in [5.74, 6) is 1.38. The molecule has 2 amide bonds. The monoisotopic (exact) mass is 542 g/mol. The number of thiophene rings is 1. The van der Waals surface area contributed by atoms with Gasteiger partial charge in [-0.1, -0.05) is 12.1 Å². The van der Waals surface area contributed by atoms with Gasteiger partial charge in [0, 0.05) is 62.5 Å². The topological polar surface area (TPSA) is 111 Å². The molecule has 0 spiro atoms. The summed E-state index contributed by atoms with van der Waals surface area (Å²) in [7, 11) is 1.90. The van der Waals surface area contributed by atoms with E-state index in [0.717, 1.165) is 9.78 Å². The number of likely N-dealkylation sites (N-methyl/N-ethyl adjacent to an activating group) is 1. The van der Waals surface area contributed by atoms with Crippen molar-refractivity contribution in [1.29, 1.82) is 0 Å². The van der Waals surface area contributed by atoms with E-state index in [2.05, 4.69) is 15.3 Å². The van der Waals surface area contributed by atoms with Crippen molar-refractivity contribution in [3.63, 3.8) is 0 Å². The number of ether oxygens (including phenoxy) is 1. The van der Waals surface area contributed by atoms with Crippen LogP contribution >= 0.6 is 11.3 Å². The van der Waals surface area contributed by atoms with E-state index in [1.54, 1.807) is 23.2 Å². The van der Waals surface area contributed by atoms with E-state index < -0.39 is 18.9 Å². The minimum Gasteiger partial charge on any atom is -0.485 e. The minimum atomic E-state index is -1.17. The van der Waals surface area contributed by atoms with E-state index in [1.165, 1.54) is 11.3 Å². The van der Waals surface area contributed by atoms with Gasteiger partial charge < -0.3 is 29.9 Å². The molecule has 2 aromatic heterocycles. The molecule has 12 heteroatoms. The number of rotatable bonds is 11. The second-order valence-electron chi connectivity index (χ2n) is 8.71. The lowest BCUT2D eigenvalue weighted by molar-refractivity contribution is 0.0989. The first-order chi connectivity index (χ1) is 18.4. The molecule has 0 bridgehead atoms. The number of carbonyl (C=O) groups is 2. The number of carboxylic acid groups (broad SMARTS) is 1. The van der Waals surface area contributed by atoms with Gasteiger partial charge in [0.25, 0.3) is 5.91 Å². The van der Waals surface area contributed by atoms with Crippen molar-refractivity contribution < 1.29 is 23.8 Å². The van der Waals surface area contributed by atoms with Crippen LogP contribution in [0.1, 0.15) is 34.7 Å². The van der Waals surface area contributed by atoms with Crippen LogP contribution in [0.4, 0.5) is 26.6 Å². The van der Waals surface area contributed by atoms with Crippen molar-refractivity contribution in [2.75, 3.05) is 61.6 Å². The summed E-state index contributed by atoms with van der Waals surface area (Å²) in [4.78, 5) is 39.4. The molecule has 38 heavy (non-hydrogen) atoms.